The number of anilines is 1. The summed E-state index contributed by atoms with van der Waals surface area (Å²) in [6.45, 7) is 0. The van der Waals surface area contributed by atoms with Crippen molar-refractivity contribution in [2.75, 3.05) is 5.32 Å². The van der Waals surface area contributed by atoms with Crippen molar-refractivity contribution in [3.8, 4) is 6.07 Å². The standard InChI is InChI=1S/C13H8BrN3O/c14-12-3-1-2-11(17-12)13(18)16-10-6-4-9(8-15)5-7-10/h1-7H,(H,16,18). The Hall–Kier alpha value is -2.19. The molecule has 0 aliphatic carbocycles. The van der Waals surface area contributed by atoms with Crippen molar-refractivity contribution < 1.29 is 4.79 Å². The van der Waals surface area contributed by atoms with Gasteiger partial charge in [0.15, 0.2) is 0 Å². The van der Waals surface area contributed by atoms with Crippen molar-refractivity contribution in [1.29, 1.82) is 5.26 Å². The molecule has 1 heterocycles. The second-order valence-electron chi connectivity index (χ2n) is 3.49. The summed E-state index contributed by atoms with van der Waals surface area (Å²) >= 11 is 3.21. The molecule has 0 aliphatic heterocycles. The lowest BCUT2D eigenvalue weighted by Crippen LogP contribution is -2.13. The van der Waals surface area contributed by atoms with Crippen molar-refractivity contribution in [2.45, 2.75) is 0 Å². The number of carbonyl (C=O) groups is 1. The number of halogens is 1. The van der Waals surface area contributed by atoms with Gasteiger partial charge < -0.3 is 5.32 Å². The number of hydrogen-bond donors (Lipinski definition) is 1. The summed E-state index contributed by atoms with van der Waals surface area (Å²) in [4.78, 5) is 15.9. The van der Waals surface area contributed by atoms with Crippen LogP contribution in [-0.2, 0) is 0 Å². The van der Waals surface area contributed by atoms with E-state index in [0.29, 0.717) is 21.5 Å². The number of carbonyl (C=O) groups excluding carboxylic acids is 1. The van der Waals surface area contributed by atoms with Gasteiger partial charge in [-0.25, -0.2) is 4.98 Å². The molecule has 0 radical (unpaired) electrons. The Morgan fingerprint density at radius 1 is 1.22 bits per heavy atom. The zero-order chi connectivity index (χ0) is 13.0. The molecule has 1 amide bonds. The zero-order valence-corrected chi connectivity index (χ0v) is 10.8. The lowest BCUT2D eigenvalue weighted by molar-refractivity contribution is 0.102. The maximum absolute atomic E-state index is 11.9. The van der Waals surface area contributed by atoms with E-state index in [1.165, 1.54) is 0 Å². The summed E-state index contributed by atoms with van der Waals surface area (Å²) in [6, 6.07) is 13.8. The molecule has 4 nitrogen and oxygen atoms in total. The van der Waals surface area contributed by atoms with E-state index < -0.39 is 0 Å². The van der Waals surface area contributed by atoms with Gasteiger partial charge in [0.25, 0.3) is 5.91 Å². The molecule has 0 atom stereocenters. The smallest absolute Gasteiger partial charge is 0.274 e. The van der Waals surface area contributed by atoms with Gasteiger partial charge in [-0.3, -0.25) is 4.79 Å². The number of hydrogen-bond acceptors (Lipinski definition) is 3. The van der Waals surface area contributed by atoms with Crippen molar-refractivity contribution in [2.24, 2.45) is 0 Å². The number of benzene rings is 1. The van der Waals surface area contributed by atoms with Gasteiger partial charge in [-0.1, -0.05) is 6.07 Å². The molecule has 0 spiro atoms. The van der Waals surface area contributed by atoms with Crippen LogP contribution in [0.4, 0.5) is 5.69 Å². The first kappa shape index (κ1) is 12.3. The molecule has 0 saturated carbocycles. The molecule has 5 heteroatoms. The first-order valence-corrected chi connectivity index (χ1v) is 5.92. The van der Waals surface area contributed by atoms with Crippen molar-refractivity contribution in [3.63, 3.8) is 0 Å². The summed E-state index contributed by atoms with van der Waals surface area (Å²) in [5.41, 5.74) is 1.50. The van der Waals surface area contributed by atoms with Gasteiger partial charge in [0.2, 0.25) is 0 Å². The molecule has 0 unspecified atom stereocenters. The molecule has 0 fully saturated rings. The molecule has 0 aliphatic rings. The lowest BCUT2D eigenvalue weighted by Gasteiger charge is -2.04. The molecule has 0 saturated heterocycles. The van der Waals surface area contributed by atoms with Crippen molar-refractivity contribution in [1.82, 2.24) is 4.98 Å². The number of rotatable bonds is 2. The SMILES string of the molecule is N#Cc1ccc(NC(=O)c2cccc(Br)n2)cc1. The fourth-order valence-electron chi connectivity index (χ4n) is 1.36. The summed E-state index contributed by atoms with van der Waals surface area (Å²) in [7, 11) is 0. The number of aromatic nitrogens is 1. The third kappa shape index (κ3) is 2.93. The Kier molecular flexibility index (Phi) is 3.70. The summed E-state index contributed by atoms with van der Waals surface area (Å²) in [6.07, 6.45) is 0. The van der Waals surface area contributed by atoms with E-state index in [0.717, 1.165) is 0 Å². The van der Waals surface area contributed by atoms with Gasteiger partial charge in [0, 0.05) is 5.69 Å². The van der Waals surface area contributed by atoms with E-state index in [-0.39, 0.29) is 5.91 Å². The average Bonchev–Trinajstić information content (AvgIpc) is 2.39. The minimum Gasteiger partial charge on any atom is -0.321 e. The summed E-state index contributed by atoms with van der Waals surface area (Å²) in [5, 5.41) is 11.4. The highest BCUT2D eigenvalue weighted by molar-refractivity contribution is 9.10. The van der Waals surface area contributed by atoms with E-state index in [9.17, 15) is 4.79 Å². The Morgan fingerprint density at radius 3 is 2.56 bits per heavy atom. The average molecular weight is 302 g/mol. The molecule has 88 valence electrons. The second kappa shape index (κ2) is 5.43. The summed E-state index contributed by atoms with van der Waals surface area (Å²) < 4.78 is 0.606. The minimum absolute atomic E-state index is 0.291. The topological polar surface area (TPSA) is 65.8 Å². The lowest BCUT2D eigenvalue weighted by atomic mass is 10.2. The fraction of sp³-hybridized carbons (Fsp3) is 0. The molecule has 2 aromatic rings. The Bertz CT molecular complexity index is 617. The number of pyridine rings is 1. The quantitative estimate of drug-likeness (QED) is 0.867. The molecule has 1 aromatic heterocycles. The van der Waals surface area contributed by atoms with Crippen LogP contribution in [-0.4, -0.2) is 10.9 Å². The Balaban J connectivity index is 2.14. The highest BCUT2D eigenvalue weighted by Crippen LogP contribution is 2.11. The minimum atomic E-state index is -0.291. The van der Waals surface area contributed by atoms with Gasteiger partial charge >= 0.3 is 0 Å². The molecule has 1 aromatic carbocycles. The van der Waals surface area contributed by atoms with Crippen LogP contribution < -0.4 is 5.32 Å². The molecule has 18 heavy (non-hydrogen) atoms. The summed E-state index contributed by atoms with van der Waals surface area (Å²) in [5.74, 6) is -0.291. The van der Waals surface area contributed by atoms with Crippen molar-refractivity contribution in [3.05, 3.63) is 58.3 Å². The number of amides is 1. The third-order valence-corrected chi connectivity index (χ3v) is 2.66. The zero-order valence-electron chi connectivity index (χ0n) is 9.22. The molecule has 2 rings (SSSR count). The third-order valence-electron chi connectivity index (χ3n) is 2.22. The highest BCUT2D eigenvalue weighted by atomic mass is 79.9. The number of nitrogens with one attached hydrogen (secondary N) is 1. The predicted octanol–water partition coefficient (Wildman–Crippen LogP) is 2.97. The van der Waals surface area contributed by atoms with Gasteiger partial charge in [-0.15, -0.1) is 0 Å². The fourth-order valence-corrected chi connectivity index (χ4v) is 1.70. The van der Waals surface area contributed by atoms with Crippen LogP contribution in [0.15, 0.2) is 47.1 Å². The van der Waals surface area contributed by atoms with Gasteiger partial charge in [0.05, 0.1) is 11.6 Å². The van der Waals surface area contributed by atoms with E-state index in [1.807, 2.05) is 6.07 Å². The largest absolute Gasteiger partial charge is 0.321 e. The van der Waals surface area contributed by atoms with E-state index in [2.05, 4.69) is 26.2 Å². The van der Waals surface area contributed by atoms with Gasteiger partial charge in [0.1, 0.15) is 10.3 Å². The number of nitriles is 1. The van der Waals surface area contributed by atoms with Gasteiger partial charge in [-0.2, -0.15) is 5.26 Å². The normalized spacial score (nSPS) is 9.56. The van der Waals surface area contributed by atoms with Crippen LogP contribution in [0.2, 0.25) is 0 Å². The van der Waals surface area contributed by atoms with Crippen LogP contribution in [0.5, 0.6) is 0 Å². The van der Waals surface area contributed by atoms with Crippen LogP contribution in [0.25, 0.3) is 0 Å². The first-order valence-electron chi connectivity index (χ1n) is 5.13. The molecular weight excluding hydrogens is 294 g/mol. The van der Waals surface area contributed by atoms with E-state index in [1.54, 1.807) is 42.5 Å². The van der Waals surface area contributed by atoms with Crippen LogP contribution in [0.3, 0.4) is 0 Å². The maximum Gasteiger partial charge on any atom is 0.274 e. The second-order valence-corrected chi connectivity index (χ2v) is 4.30. The Morgan fingerprint density at radius 2 is 1.94 bits per heavy atom. The molecular formula is C13H8BrN3O. The van der Waals surface area contributed by atoms with Crippen LogP contribution >= 0.6 is 15.9 Å². The molecule has 1 N–H and O–H groups in total. The van der Waals surface area contributed by atoms with E-state index in [4.69, 9.17) is 5.26 Å². The van der Waals surface area contributed by atoms with Crippen LogP contribution in [0.1, 0.15) is 16.1 Å². The highest BCUT2D eigenvalue weighted by Gasteiger charge is 2.07. The Labute approximate surface area is 112 Å². The molecule has 0 bridgehead atoms. The van der Waals surface area contributed by atoms with Gasteiger partial charge in [-0.05, 0) is 52.3 Å². The maximum atomic E-state index is 11.9. The van der Waals surface area contributed by atoms with E-state index >= 15 is 0 Å². The predicted molar refractivity (Wildman–Crippen MR) is 71.0 cm³/mol. The first-order chi connectivity index (χ1) is 8.69. The number of nitrogens with zero attached hydrogens (tertiary/aromatic N) is 2. The van der Waals surface area contributed by atoms with Crippen molar-refractivity contribution >= 4 is 27.5 Å². The monoisotopic (exact) mass is 301 g/mol. The van der Waals surface area contributed by atoms with Crippen LogP contribution in [0, 0.1) is 11.3 Å².